The molecule has 0 bridgehead atoms. The molecule has 3 rings (SSSR count). The Morgan fingerprint density at radius 2 is 1.72 bits per heavy atom. The summed E-state index contributed by atoms with van der Waals surface area (Å²) in [5.74, 6) is 1.58. The minimum absolute atomic E-state index is 0.102. The molecule has 0 radical (unpaired) electrons. The van der Waals surface area contributed by atoms with Crippen molar-refractivity contribution in [2.45, 2.75) is 64.3 Å². The molecule has 0 aliphatic carbocycles. The average molecular weight is 393 g/mol. The van der Waals surface area contributed by atoms with Gasteiger partial charge >= 0.3 is 0 Å². The first-order chi connectivity index (χ1) is 13.9. The highest BCUT2D eigenvalue weighted by Gasteiger charge is 2.30. The highest BCUT2D eigenvalue weighted by atomic mass is 16.5. The van der Waals surface area contributed by atoms with Crippen molar-refractivity contribution in [2.75, 3.05) is 20.2 Å². The number of aromatic nitrogens is 1. The van der Waals surface area contributed by atoms with E-state index in [2.05, 4.69) is 80.1 Å². The summed E-state index contributed by atoms with van der Waals surface area (Å²) in [5, 5.41) is 0. The van der Waals surface area contributed by atoms with Crippen LogP contribution in [-0.2, 0) is 5.41 Å². The van der Waals surface area contributed by atoms with Gasteiger partial charge in [0.15, 0.2) is 0 Å². The largest absolute Gasteiger partial charge is 0.497 e. The lowest BCUT2D eigenvalue weighted by Crippen LogP contribution is -2.43. The van der Waals surface area contributed by atoms with Crippen LogP contribution in [0.4, 0.5) is 0 Å². The molecule has 1 aromatic carbocycles. The lowest BCUT2D eigenvalue weighted by Gasteiger charge is -2.40. The standard InChI is InChI=1S/C26H36N2O/c1-20(2)18-24(19-26(3,4)23-6-8-25(29-5)9-7-23)28-16-12-22(13-17-28)21-10-14-27-15-11-21/h6-11,14-15,18,22,24H,12-13,16-17,19H2,1-5H3. The Balaban J connectivity index is 1.70. The second-order valence-electron chi connectivity index (χ2n) is 9.22. The number of rotatable bonds is 7. The molecule has 3 nitrogen and oxygen atoms in total. The third-order valence-electron chi connectivity index (χ3n) is 6.29. The maximum absolute atomic E-state index is 5.34. The molecule has 1 fully saturated rings. The summed E-state index contributed by atoms with van der Waals surface area (Å²) in [5.41, 5.74) is 4.32. The molecule has 2 heterocycles. The summed E-state index contributed by atoms with van der Waals surface area (Å²) in [6, 6.07) is 13.4. The average Bonchev–Trinajstić information content (AvgIpc) is 2.73. The number of ether oxygens (including phenoxy) is 1. The molecular weight excluding hydrogens is 356 g/mol. The fourth-order valence-corrected chi connectivity index (χ4v) is 4.56. The summed E-state index contributed by atoms with van der Waals surface area (Å²) in [6.45, 7) is 11.5. The maximum atomic E-state index is 5.34. The second kappa shape index (κ2) is 9.58. The van der Waals surface area contributed by atoms with Gasteiger partial charge in [-0.05, 0) is 92.9 Å². The summed E-state index contributed by atoms with van der Waals surface area (Å²) in [6.07, 6.45) is 9.87. The Bertz CT molecular complexity index is 783. The van der Waals surface area contributed by atoms with Crippen LogP contribution >= 0.6 is 0 Å². The van der Waals surface area contributed by atoms with E-state index >= 15 is 0 Å². The monoisotopic (exact) mass is 392 g/mol. The quantitative estimate of drug-likeness (QED) is 0.543. The molecule has 1 aromatic heterocycles. The Labute approximate surface area is 176 Å². The molecule has 1 saturated heterocycles. The lowest BCUT2D eigenvalue weighted by atomic mass is 9.78. The van der Waals surface area contributed by atoms with Crippen molar-refractivity contribution in [2.24, 2.45) is 0 Å². The highest BCUT2D eigenvalue weighted by molar-refractivity contribution is 5.32. The van der Waals surface area contributed by atoms with Gasteiger partial charge in [-0.3, -0.25) is 9.88 Å². The lowest BCUT2D eigenvalue weighted by molar-refractivity contribution is 0.155. The molecule has 0 spiro atoms. The van der Waals surface area contributed by atoms with Crippen molar-refractivity contribution in [3.05, 3.63) is 71.6 Å². The minimum Gasteiger partial charge on any atom is -0.497 e. The summed E-state index contributed by atoms with van der Waals surface area (Å²) < 4.78 is 5.34. The van der Waals surface area contributed by atoms with Crippen LogP contribution < -0.4 is 4.74 Å². The van der Waals surface area contributed by atoms with Crippen LogP contribution in [-0.4, -0.2) is 36.1 Å². The van der Waals surface area contributed by atoms with E-state index in [1.54, 1.807) is 7.11 Å². The van der Waals surface area contributed by atoms with Crippen molar-refractivity contribution in [3.8, 4) is 5.75 Å². The zero-order valence-corrected chi connectivity index (χ0v) is 18.7. The highest BCUT2D eigenvalue weighted by Crippen LogP contribution is 2.34. The molecule has 3 heteroatoms. The molecule has 1 unspecified atom stereocenters. The molecule has 2 aromatic rings. The Morgan fingerprint density at radius 3 is 2.28 bits per heavy atom. The van der Waals surface area contributed by atoms with Crippen LogP contribution in [0, 0.1) is 0 Å². The Hall–Kier alpha value is -2.13. The van der Waals surface area contributed by atoms with Gasteiger partial charge in [-0.1, -0.05) is 37.6 Å². The number of likely N-dealkylation sites (tertiary alicyclic amines) is 1. The van der Waals surface area contributed by atoms with Gasteiger partial charge in [0.2, 0.25) is 0 Å². The fourth-order valence-electron chi connectivity index (χ4n) is 4.56. The van der Waals surface area contributed by atoms with Crippen LogP contribution in [0.2, 0.25) is 0 Å². The maximum Gasteiger partial charge on any atom is 0.118 e. The molecule has 1 aliphatic rings. The van der Waals surface area contributed by atoms with Gasteiger partial charge in [0, 0.05) is 18.4 Å². The number of allylic oxidation sites excluding steroid dienone is 1. The van der Waals surface area contributed by atoms with E-state index in [0.717, 1.165) is 25.3 Å². The molecule has 0 amide bonds. The van der Waals surface area contributed by atoms with Crippen LogP contribution in [0.25, 0.3) is 0 Å². The second-order valence-corrected chi connectivity index (χ2v) is 9.22. The molecule has 0 N–H and O–H groups in total. The third-order valence-corrected chi connectivity index (χ3v) is 6.29. The van der Waals surface area contributed by atoms with E-state index in [-0.39, 0.29) is 5.41 Å². The van der Waals surface area contributed by atoms with Crippen LogP contribution in [0.5, 0.6) is 5.75 Å². The van der Waals surface area contributed by atoms with Crippen molar-refractivity contribution < 1.29 is 4.74 Å². The first-order valence-electron chi connectivity index (χ1n) is 10.8. The van der Waals surface area contributed by atoms with Gasteiger partial charge in [0.05, 0.1) is 7.11 Å². The van der Waals surface area contributed by atoms with Crippen molar-refractivity contribution in [3.63, 3.8) is 0 Å². The normalized spacial score (nSPS) is 17.0. The summed E-state index contributed by atoms with van der Waals surface area (Å²) >= 11 is 0. The van der Waals surface area contributed by atoms with Gasteiger partial charge in [0.1, 0.15) is 5.75 Å². The van der Waals surface area contributed by atoms with Gasteiger partial charge in [-0.15, -0.1) is 0 Å². The number of hydrogen-bond acceptors (Lipinski definition) is 3. The molecule has 1 aliphatic heterocycles. The molecule has 156 valence electrons. The van der Waals surface area contributed by atoms with E-state index in [1.165, 1.54) is 29.5 Å². The molecule has 1 atom stereocenters. The number of methoxy groups -OCH3 is 1. The van der Waals surface area contributed by atoms with Crippen molar-refractivity contribution >= 4 is 0 Å². The van der Waals surface area contributed by atoms with E-state index in [0.29, 0.717) is 12.0 Å². The van der Waals surface area contributed by atoms with E-state index < -0.39 is 0 Å². The zero-order valence-electron chi connectivity index (χ0n) is 18.7. The number of pyridine rings is 1. The first kappa shape index (κ1) is 21.6. The van der Waals surface area contributed by atoms with E-state index in [4.69, 9.17) is 4.74 Å². The van der Waals surface area contributed by atoms with Gasteiger partial charge < -0.3 is 4.74 Å². The predicted octanol–water partition coefficient (Wildman–Crippen LogP) is 5.97. The number of benzene rings is 1. The van der Waals surface area contributed by atoms with Gasteiger partial charge in [0.25, 0.3) is 0 Å². The number of nitrogens with zero attached hydrogens (tertiary/aromatic N) is 2. The number of hydrogen-bond donors (Lipinski definition) is 0. The fraction of sp³-hybridized carbons (Fsp3) is 0.500. The molecular formula is C26H36N2O. The molecule has 0 saturated carbocycles. The van der Waals surface area contributed by atoms with Crippen LogP contribution in [0.1, 0.15) is 64.0 Å². The SMILES string of the molecule is COc1ccc(C(C)(C)CC(C=C(C)C)N2CCC(c3ccncc3)CC2)cc1. The van der Waals surface area contributed by atoms with E-state index in [1.807, 2.05) is 12.4 Å². The Kier molecular flexibility index (Phi) is 7.13. The van der Waals surface area contributed by atoms with E-state index in [9.17, 15) is 0 Å². The Morgan fingerprint density at radius 1 is 1.10 bits per heavy atom. The summed E-state index contributed by atoms with van der Waals surface area (Å²) in [4.78, 5) is 6.86. The van der Waals surface area contributed by atoms with Crippen LogP contribution in [0.15, 0.2) is 60.4 Å². The first-order valence-corrected chi connectivity index (χ1v) is 10.8. The zero-order chi connectivity index (χ0) is 20.9. The van der Waals surface area contributed by atoms with Crippen molar-refractivity contribution in [1.82, 2.24) is 9.88 Å². The van der Waals surface area contributed by atoms with Crippen LogP contribution in [0.3, 0.4) is 0 Å². The van der Waals surface area contributed by atoms with Crippen molar-refractivity contribution in [1.29, 1.82) is 0 Å². The topological polar surface area (TPSA) is 25.4 Å². The minimum atomic E-state index is 0.102. The van der Waals surface area contributed by atoms with Gasteiger partial charge in [-0.2, -0.15) is 0 Å². The smallest absolute Gasteiger partial charge is 0.118 e. The third kappa shape index (κ3) is 5.70. The number of piperidine rings is 1. The summed E-state index contributed by atoms with van der Waals surface area (Å²) in [7, 11) is 1.72. The predicted molar refractivity (Wildman–Crippen MR) is 122 cm³/mol. The van der Waals surface area contributed by atoms with Gasteiger partial charge in [-0.25, -0.2) is 0 Å². The molecule has 29 heavy (non-hydrogen) atoms.